The van der Waals surface area contributed by atoms with Crippen LogP contribution in [0.25, 0.3) is 0 Å². The van der Waals surface area contributed by atoms with Gasteiger partial charge in [0.05, 0.1) is 31.5 Å². The maximum absolute atomic E-state index is 11.1. The molecule has 1 heterocycles. The van der Waals surface area contributed by atoms with E-state index in [2.05, 4.69) is 0 Å². The molecule has 2 rings (SSSR count). The van der Waals surface area contributed by atoms with Gasteiger partial charge in [0, 0.05) is 31.8 Å². The molecule has 0 bridgehead atoms. The molecule has 0 aromatic rings. The molecule has 0 radical (unpaired) electrons. The molecule has 1 aliphatic carbocycles. The zero-order valence-corrected chi connectivity index (χ0v) is 16.3. The van der Waals surface area contributed by atoms with Crippen LogP contribution in [0.5, 0.6) is 0 Å². The van der Waals surface area contributed by atoms with Gasteiger partial charge in [-0.05, 0) is 6.42 Å². The number of carbonyl (C=O) groups excluding carboxylic acids is 1. The van der Waals surface area contributed by atoms with E-state index in [0.29, 0.717) is 6.29 Å². The van der Waals surface area contributed by atoms with Crippen LogP contribution < -0.4 is 0 Å². The number of carbonyl (C=O) groups is 1. The molecule has 0 saturated heterocycles. The van der Waals surface area contributed by atoms with E-state index < -0.39 is 72.6 Å². The molecule has 0 spiro atoms. The van der Waals surface area contributed by atoms with Crippen molar-refractivity contribution in [1.82, 2.24) is 0 Å². The fraction of sp³-hybridized carbons (Fsp3) is 0.722. The van der Waals surface area contributed by atoms with Crippen LogP contribution in [0, 0.1) is 11.8 Å². The summed E-state index contributed by atoms with van der Waals surface area (Å²) in [6.45, 7) is -0.447. The van der Waals surface area contributed by atoms with Crippen molar-refractivity contribution in [1.29, 1.82) is 0 Å². The number of aldehydes is 1. The van der Waals surface area contributed by atoms with Crippen molar-refractivity contribution in [3.63, 3.8) is 0 Å². The van der Waals surface area contributed by atoms with Gasteiger partial charge in [-0.3, -0.25) is 0 Å². The van der Waals surface area contributed by atoms with Gasteiger partial charge in [0.2, 0.25) is 17.3 Å². The van der Waals surface area contributed by atoms with Crippen molar-refractivity contribution in [2.75, 3.05) is 20.3 Å². The lowest BCUT2D eigenvalue weighted by Gasteiger charge is -2.33. The SMILES string of the molecule is COC(OCCC(O)CO)[C@H]1[C@H](CC=O)[C@H](O)C[C@@H]1OC1OC(O)=C(O)C(O)=C1O. The molecular formula is C18H28O12. The molecule has 3 unspecified atom stereocenters. The van der Waals surface area contributed by atoms with Crippen molar-refractivity contribution in [3.8, 4) is 0 Å². The number of aliphatic hydroxyl groups is 7. The predicted molar refractivity (Wildman–Crippen MR) is 97.1 cm³/mol. The van der Waals surface area contributed by atoms with Crippen LogP contribution in [0.1, 0.15) is 19.3 Å². The lowest BCUT2D eigenvalue weighted by Crippen LogP contribution is -2.41. The Balaban J connectivity index is 2.18. The average molecular weight is 436 g/mol. The normalized spacial score (nSPS) is 31.5. The Labute approximate surface area is 172 Å². The minimum absolute atomic E-state index is 0.00335. The van der Waals surface area contributed by atoms with Crippen LogP contribution in [0.4, 0.5) is 0 Å². The van der Waals surface area contributed by atoms with Gasteiger partial charge >= 0.3 is 5.95 Å². The van der Waals surface area contributed by atoms with E-state index in [1.54, 1.807) is 0 Å². The summed E-state index contributed by atoms with van der Waals surface area (Å²) in [5, 5.41) is 67.4. The van der Waals surface area contributed by atoms with Crippen molar-refractivity contribution < 1.29 is 59.5 Å². The second kappa shape index (κ2) is 10.8. The van der Waals surface area contributed by atoms with Crippen molar-refractivity contribution in [2.45, 2.75) is 50.2 Å². The second-order valence-corrected chi connectivity index (χ2v) is 7.06. The Morgan fingerprint density at radius 2 is 1.93 bits per heavy atom. The quantitative estimate of drug-likeness (QED) is 0.165. The molecule has 172 valence electrons. The van der Waals surface area contributed by atoms with E-state index in [1.807, 2.05) is 0 Å². The molecule has 0 aromatic carbocycles. The summed E-state index contributed by atoms with van der Waals surface area (Å²) < 4.78 is 21.4. The monoisotopic (exact) mass is 436 g/mol. The van der Waals surface area contributed by atoms with Gasteiger partial charge in [0.1, 0.15) is 6.29 Å². The highest BCUT2D eigenvalue weighted by Gasteiger charge is 2.49. The van der Waals surface area contributed by atoms with Crippen LogP contribution in [-0.2, 0) is 23.7 Å². The molecule has 1 aliphatic heterocycles. The first-order valence-corrected chi connectivity index (χ1v) is 9.36. The van der Waals surface area contributed by atoms with Gasteiger partial charge in [-0.25, -0.2) is 0 Å². The van der Waals surface area contributed by atoms with Crippen LogP contribution in [0.2, 0.25) is 0 Å². The van der Waals surface area contributed by atoms with Crippen molar-refractivity contribution >= 4 is 6.29 Å². The van der Waals surface area contributed by atoms with E-state index in [1.165, 1.54) is 7.11 Å². The third-order valence-corrected chi connectivity index (χ3v) is 5.16. The van der Waals surface area contributed by atoms with E-state index in [4.69, 9.17) is 24.1 Å². The molecule has 7 N–H and O–H groups in total. The first kappa shape index (κ1) is 24.2. The molecule has 12 heteroatoms. The van der Waals surface area contributed by atoms with E-state index in [9.17, 15) is 35.4 Å². The number of ether oxygens (including phenoxy) is 4. The summed E-state index contributed by atoms with van der Waals surface area (Å²) in [6.07, 6.45) is -4.89. The highest BCUT2D eigenvalue weighted by atomic mass is 16.7. The smallest absolute Gasteiger partial charge is 0.327 e. The molecule has 30 heavy (non-hydrogen) atoms. The van der Waals surface area contributed by atoms with Gasteiger partial charge < -0.3 is 59.5 Å². The Hall–Kier alpha value is -2.09. The predicted octanol–water partition coefficient (Wildman–Crippen LogP) is -0.341. The summed E-state index contributed by atoms with van der Waals surface area (Å²) >= 11 is 0. The minimum Gasteiger partial charge on any atom is -0.503 e. The molecule has 0 amide bonds. The van der Waals surface area contributed by atoms with Gasteiger partial charge in [0.15, 0.2) is 6.29 Å². The molecule has 1 saturated carbocycles. The standard InChI is InChI=1S/C18H28O12/c1-27-17(28-5-3-8(21)7-20)12-9(2-4-19)10(22)6-11(12)29-18-15(25)13(23)14(24)16(26)30-18/h4,8-12,17-18,20-26H,2-3,5-7H2,1H3/t8?,9-,10-,11+,12+,17?,18?/m1/s1. The fourth-order valence-electron chi connectivity index (χ4n) is 3.60. The first-order chi connectivity index (χ1) is 14.2. The zero-order valence-electron chi connectivity index (χ0n) is 16.3. The van der Waals surface area contributed by atoms with E-state index in [0.717, 1.165) is 0 Å². The third-order valence-electron chi connectivity index (χ3n) is 5.16. The van der Waals surface area contributed by atoms with Gasteiger partial charge in [-0.15, -0.1) is 0 Å². The van der Waals surface area contributed by atoms with E-state index >= 15 is 0 Å². The van der Waals surface area contributed by atoms with Gasteiger partial charge in [-0.1, -0.05) is 0 Å². The Kier molecular flexibility index (Phi) is 8.70. The Bertz CT molecular complexity index is 647. The average Bonchev–Trinajstić information content (AvgIpc) is 3.02. The number of rotatable bonds is 11. The number of aliphatic hydroxyl groups excluding tert-OH is 7. The zero-order chi connectivity index (χ0) is 22.4. The minimum atomic E-state index is -1.69. The van der Waals surface area contributed by atoms with Crippen molar-refractivity contribution in [3.05, 3.63) is 23.2 Å². The maximum Gasteiger partial charge on any atom is 0.327 e. The number of methoxy groups -OCH3 is 1. The largest absolute Gasteiger partial charge is 0.503 e. The lowest BCUT2D eigenvalue weighted by atomic mass is 9.90. The summed E-state index contributed by atoms with van der Waals surface area (Å²) in [6, 6.07) is 0. The maximum atomic E-state index is 11.1. The molecule has 7 atom stereocenters. The Morgan fingerprint density at radius 1 is 1.23 bits per heavy atom. The third kappa shape index (κ3) is 5.33. The second-order valence-electron chi connectivity index (χ2n) is 7.06. The van der Waals surface area contributed by atoms with E-state index in [-0.39, 0.29) is 25.9 Å². The summed E-state index contributed by atoms with van der Waals surface area (Å²) in [7, 11) is 1.33. The number of hydrogen-bond donors (Lipinski definition) is 7. The fourth-order valence-corrected chi connectivity index (χ4v) is 3.60. The summed E-state index contributed by atoms with van der Waals surface area (Å²) in [4.78, 5) is 11.1. The molecular weight excluding hydrogens is 408 g/mol. The summed E-state index contributed by atoms with van der Waals surface area (Å²) in [5.41, 5.74) is 0. The molecule has 0 aromatic heterocycles. The Morgan fingerprint density at radius 3 is 2.53 bits per heavy atom. The van der Waals surface area contributed by atoms with Gasteiger partial charge in [-0.2, -0.15) is 0 Å². The lowest BCUT2D eigenvalue weighted by molar-refractivity contribution is -0.224. The highest BCUT2D eigenvalue weighted by molar-refractivity contribution is 5.50. The molecule has 12 nitrogen and oxygen atoms in total. The van der Waals surface area contributed by atoms with Crippen LogP contribution in [-0.4, -0.2) is 93.2 Å². The van der Waals surface area contributed by atoms with Crippen LogP contribution in [0.15, 0.2) is 23.2 Å². The summed E-state index contributed by atoms with van der Waals surface area (Å²) in [5.74, 6) is -5.41. The van der Waals surface area contributed by atoms with Crippen LogP contribution in [0.3, 0.4) is 0 Å². The number of hydrogen-bond acceptors (Lipinski definition) is 12. The van der Waals surface area contributed by atoms with Crippen LogP contribution >= 0.6 is 0 Å². The first-order valence-electron chi connectivity index (χ1n) is 9.36. The highest BCUT2D eigenvalue weighted by Crippen LogP contribution is 2.41. The molecule has 1 fully saturated rings. The van der Waals surface area contributed by atoms with Crippen molar-refractivity contribution in [2.24, 2.45) is 11.8 Å². The molecule has 2 aliphatic rings. The van der Waals surface area contributed by atoms with Gasteiger partial charge in [0.25, 0.3) is 6.29 Å². The topological polar surface area (TPSA) is 196 Å².